The fraction of sp³-hybridized carbons (Fsp3) is 0.0526. The second-order valence-electron chi connectivity index (χ2n) is 16.4. The van der Waals surface area contributed by atoms with Crippen molar-refractivity contribution in [2.75, 3.05) is 9.80 Å². The van der Waals surface area contributed by atoms with Crippen LogP contribution in [0.5, 0.6) is 17.2 Å². The molecular weight excluding hydrogens is 787 g/mol. The van der Waals surface area contributed by atoms with E-state index in [9.17, 15) is 10.0 Å². The van der Waals surface area contributed by atoms with Crippen LogP contribution >= 0.6 is 0 Å². The second kappa shape index (κ2) is 17.1. The van der Waals surface area contributed by atoms with Crippen LogP contribution in [-0.2, 0) is 5.41 Å². The zero-order chi connectivity index (χ0) is 43.6. The van der Waals surface area contributed by atoms with Crippen molar-refractivity contribution in [2.45, 2.75) is 19.3 Å². The predicted molar refractivity (Wildman–Crippen MR) is 262 cm³/mol. The number of benzene rings is 9. The van der Waals surface area contributed by atoms with E-state index in [1.165, 1.54) is 11.1 Å². The Bertz CT molecular complexity index is 2910. The first-order chi connectivity index (χ1) is 31.3. The van der Waals surface area contributed by atoms with Crippen molar-refractivity contribution in [3.63, 3.8) is 0 Å². The largest absolute Gasteiger partial charge is 0.707 e. The summed E-state index contributed by atoms with van der Waals surface area (Å²) >= 11 is 0. The summed E-state index contributed by atoms with van der Waals surface area (Å²) in [5.41, 5.74) is 14.2. The van der Waals surface area contributed by atoms with Gasteiger partial charge >= 0.3 is 7.32 Å². The minimum absolute atomic E-state index is 0.171. The van der Waals surface area contributed by atoms with E-state index < -0.39 is 7.32 Å². The van der Waals surface area contributed by atoms with Gasteiger partial charge in [-0.25, -0.2) is 0 Å². The van der Waals surface area contributed by atoms with Crippen molar-refractivity contribution in [1.82, 2.24) is 0 Å². The summed E-state index contributed by atoms with van der Waals surface area (Å²) in [6, 6.07) is 76.4. The van der Waals surface area contributed by atoms with Gasteiger partial charge in [-0.15, -0.1) is 0 Å². The van der Waals surface area contributed by atoms with Crippen molar-refractivity contribution in [3.05, 3.63) is 236 Å². The summed E-state index contributed by atoms with van der Waals surface area (Å²) in [4.78, 5) is 4.33. The summed E-state index contributed by atoms with van der Waals surface area (Å²) in [7, 11) is -2.11. The lowest BCUT2D eigenvalue weighted by Crippen LogP contribution is -2.22. The van der Waals surface area contributed by atoms with Gasteiger partial charge in [-0.1, -0.05) is 153 Å². The van der Waals surface area contributed by atoms with Gasteiger partial charge in [-0.05, 0) is 129 Å². The lowest BCUT2D eigenvalue weighted by Gasteiger charge is -2.29. The third kappa shape index (κ3) is 7.79. The van der Waals surface area contributed by atoms with E-state index in [1.54, 1.807) is 6.07 Å². The molecule has 10 rings (SSSR count). The number of rotatable bonds is 12. The molecule has 1 aliphatic rings. The normalized spacial score (nSPS) is 12.2. The standard InChI is InChI=1S/C57H45BN2O4/c1-57(2)52-37-35-49(39-51(52)50-36-34-48(38-53(50)57)59(44-20-11-5-12-21-44)45-22-13-6-14-23-45)63-55-25-15-24-54(56(55)64-58(61)62)60(46-30-26-42(27-31-46)40-16-7-3-8-17-40)47-32-28-43(29-33-47)41-18-9-4-10-19-41/h3-39,61-62H,1-2H3. The van der Waals surface area contributed by atoms with Crippen molar-refractivity contribution in [2.24, 2.45) is 0 Å². The van der Waals surface area contributed by atoms with Gasteiger partial charge in [0.1, 0.15) is 5.75 Å². The molecule has 0 fully saturated rings. The molecule has 0 aliphatic heterocycles. The van der Waals surface area contributed by atoms with Crippen LogP contribution in [0.25, 0.3) is 33.4 Å². The maximum absolute atomic E-state index is 10.4. The monoisotopic (exact) mass is 832 g/mol. The molecule has 1 aliphatic carbocycles. The Balaban J connectivity index is 1.03. The van der Waals surface area contributed by atoms with E-state index in [4.69, 9.17) is 9.39 Å². The molecule has 0 radical (unpaired) electrons. The molecule has 0 spiro atoms. The quantitative estimate of drug-likeness (QED) is 0.120. The molecule has 0 unspecified atom stereocenters. The summed E-state index contributed by atoms with van der Waals surface area (Å²) < 4.78 is 12.6. The highest BCUT2D eigenvalue weighted by Gasteiger charge is 2.36. The first-order valence-electron chi connectivity index (χ1n) is 21.5. The van der Waals surface area contributed by atoms with Gasteiger partial charge in [0.25, 0.3) is 0 Å². The predicted octanol–water partition coefficient (Wildman–Crippen LogP) is 14.4. The van der Waals surface area contributed by atoms with E-state index in [2.05, 4.69) is 170 Å². The minimum atomic E-state index is -2.11. The second-order valence-corrected chi connectivity index (χ2v) is 16.4. The molecule has 0 saturated heterocycles. The van der Waals surface area contributed by atoms with Gasteiger partial charge in [0, 0.05) is 33.9 Å². The van der Waals surface area contributed by atoms with E-state index in [0.29, 0.717) is 17.2 Å². The fourth-order valence-corrected chi connectivity index (χ4v) is 8.93. The van der Waals surface area contributed by atoms with E-state index >= 15 is 0 Å². The molecule has 2 N–H and O–H groups in total. The van der Waals surface area contributed by atoms with Gasteiger partial charge in [0.05, 0.1) is 5.69 Å². The molecule has 64 heavy (non-hydrogen) atoms. The Morgan fingerprint density at radius 3 is 1.42 bits per heavy atom. The Hall–Kier alpha value is -7.84. The van der Waals surface area contributed by atoms with Gasteiger partial charge in [0.2, 0.25) is 0 Å². The lowest BCUT2D eigenvalue weighted by molar-refractivity contribution is 0.283. The Morgan fingerprint density at radius 1 is 0.406 bits per heavy atom. The smallest absolute Gasteiger partial charge is 0.508 e. The van der Waals surface area contributed by atoms with Crippen molar-refractivity contribution in [3.8, 4) is 50.6 Å². The first-order valence-corrected chi connectivity index (χ1v) is 21.5. The zero-order valence-electron chi connectivity index (χ0n) is 35.5. The molecule has 6 nitrogen and oxygen atoms in total. The molecular formula is C57H45BN2O4. The third-order valence-electron chi connectivity index (χ3n) is 12.0. The molecule has 0 amide bonds. The highest BCUT2D eigenvalue weighted by molar-refractivity contribution is 6.34. The SMILES string of the molecule is CC1(C)c2ccc(Oc3cccc(N(c4ccc(-c5ccccc5)cc4)c4ccc(-c5ccccc5)cc4)c3OB(O)O)cc2-c2ccc(N(c3ccccc3)c3ccccc3)cc21. The van der Waals surface area contributed by atoms with Crippen molar-refractivity contribution >= 4 is 41.4 Å². The van der Waals surface area contributed by atoms with Crippen LogP contribution in [0.15, 0.2) is 224 Å². The molecule has 0 bridgehead atoms. The van der Waals surface area contributed by atoms with Crippen LogP contribution in [0.4, 0.5) is 34.1 Å². The van der Waals surface area contributed by atoms with Gasteiger partial charge in [0.15, 0.2) is 11.5 Å². The number of nitrogens with zero attached hydrogens (tertiary/aromatic N) is 2. The van der Waals surface area contributed by atoms with E-state index in [-0.39, 0.29) is 11.2 Å². The summed E-state index contributed by atoms with van der Waals surface area (Å²) in [6.07, 6.45) is 0. The topological polar surface area (TPSA) is 65.4 Å². The van der Waals surface area contributed by atoms with E-state index in [0.717, 1.165) is 61.8 Å². The molecule has 0 atom stereocenters. The molecule has 0 heterocycles. The first kappa shape index (κ1) is 40.2. The fourth-order valence-electron chi connectivity index (χ4n) is 8.93. The van der Waals surface area contributed by atoms with Crippen molar-refractivity contribution in [1.29, 1.82) is 0 Å². The average molecular weight is 833 g/mol. The van der Waals surface area contributed by atoms with Crippen LogP contribution in [-0.4, -0.2) is 17.4 Å². The minimum Gasteiger partial charge on any atom is -0.508 e. The molecule has 310 valence electrons. The third-order valence-corrected chi connectivity index (χ3v) is 12.0. The molecule has 7 heteroatoms. The molecule has 9 aromatic rings. The average Bonchev–Trinajstić information content (AvgIpc) is 3.56. The highest BCUT2D eigenvalue weighted by Crippen LogP contribution is 2.53. The van der Waals surface area contributed by atoms with Crippen LogP contribution in [0.3, 0.4) is 0 Å². The van der Waals surface area contributed by atoms with Crippen LogP contribution in [0.1, 0.15) is 25.0 Å². The molecule has 0 saturated carbocycles. The van der Waals surface area contributed by atoms with Crippen LogP contribution in [0, 0.1) is 0 Å². The van der Waals surface area contributed by atoms with Crippen LogP contribution < -0.4 is 19.2 Å². The van der Waals surface area contributed by atoms with Crippen LogP contribution in [0.2, 0.25) is 0 Å². The Labute approximate surface area is 374 Å². The zero-order valence-corrected chi connectivity index (χ0v) is 35.5. The molecule has 9 aromatic carbocycles. The highest BCUT2D eigenvalue weighted by atomic mass is 16.6. The number of fused-ring (bicyclic) bond motifs is 3. The number of hydrogen-bond donors (Lipinski definition) is 2. The number of ether oxygens (including phenoxy) is 1. The van der Waals surface area contributed by atoms with Gasteiger partial charge < -0.3 is 29.2 Å². The summed E-state index contributed by atoms with van der Waals surface area (Å²) in [5, 5.41) is 20.8. The van der Waals surface area contributed by atoms with Crippen molar-refractivity contribution < 1.29 is 19.4 Å². The lowest BCUT2D eigenvalue weighted by atomic mass is 9.82. The molecule has 0 aromatic heterocycles. The maximum atomic E-state index is 10.4. The van der Waals surface area contributed by atoms with E-state index in [1.807, 2.05) is 71.6 Å². The van der Waals surface area contributed by atoms with Gasteiger partial charge in [-0.3, -0.25) is 0 Å². The summed E-state index contributed by atoms with van der Waals surface area (Å²) in [6.45, 7) is 4.53. The van der Waals surface area contributed by atoms with Gasteiger partial charge in [-0.2, -0.15) is 0 Å². The number of para-hydroxylation sites is 3. The number of anilines is 6. The number of hydrogen-bond acceptors (Lipinski definition) is 6. The Kier molecular flexibility index (Phi) is 10.8. The maximum Gasteiger partial charge on any atom is 0.707 e. The Morgan fingerprint density at radius 2 is 0.891 bits per heavy atom. The summed E-state index contributed by atoms with van der Waals surface area (Å²) in [5.74, 6) is 1.08.